The Morgan fingerprint density at radius 2 is 1.94 bits per heavy atom. The van der Waals surface area contributed by atoms with Crippen molar-refractivity contribution in [3.05, 3.63) is 30.1 Å². The van der Waals surface area contributed by atoms with E-state index in [0.29, 0.717) is 25.8 Å². The molecule has 5 nitrogen and oxygen atoms in total. The normalized spacial score (nSPS) is 9.88. The lowest BCUT2D eigenvalue weighted by Crippen LogP contribution is -2.26. The molecule has 0 aliphatic heterocycles. The summed E-state index contributed by atoms with van der Waals surface area (Å²) in [6.45, 7) is 0.525. The van der Waals surface area contributed by atoms with E-state index in [2.05, 4.69) is 10.3 Å². The maximum Gasteiger partial charge on any atom is 0.303 e. The number of aliphatic carboxylic acids is 1. The number of carbonyl (C=O) groups is 2. The number of carboxylic acids is 1. The summed E-state index contributed by atoms with van der Waals surface area (Å²) in [5, 5.41) is 11.2. The van der Waals surface area contributed by atoms with Gasteiger partial charge in [0.05, 0.1) is 6.42 Å². The van der Waals surface area contributed by atoms with Crippen molar-refractivity contribution < 1.29 is 14.7 Å². The fraction of sp³-hybridized carbons (Fsp3) is 0.417. The maximum absolute atomic E-state index is 11.5. The zero-order chi connectivity index (χ0) is 12.5. The minimum atomic E-state index is -0.798. The second-order valence-electron chi connectivity index (χ2n) is 3.73. The fourth-order valence-corrected chi connectivity index (χ4v) is 1.38. The van der Waals surface area contributed by atoms with Gasteiger partial charge in [-0.15, -0.1) is 0 Å². The summed E-state index contributed by atoms with van der Waals surface area (Å²) < 4.78 is 0. The van der Waals surface area contributed by atoms with Crippen LogP contribution < -0.4 is 5.32 Å². The molecule has 0 saturated heterocycles. The molecule has 0 unspecified atom stereocenters. The summed E-state index contributed by atoms with van der Waals surface area (Å²) in [7, 11) is 0. The van der Waals surface area contributed by atoms with E-state index in [4.69, 9.17) is 5.11 Å². The van der Waals surface area contributed by atoms with Crippen LogP contribution in [-0.4, -0.2) is 28.5 Å². The topological polar surface area (TPSA) is 79.3 Å². The van der Waals surface area contributed by atoms with Gasteiger partial charge >= 0.3 is 5.97 Å². The zero-order valence-corrected chi connectivity index (χ0v) is 9.56. The van der Waals surface area contributed by atoms with E-state index in [9.17, 15) is 9.59 Å². The standard InChI is InChI=1S/C12H16N2O3/c15-11(9-10-4-7-13-8-5-10)14-6-2-1-3-12(16)17/h4-5,7-8H,1-3,6,9H2,(H,14,15)(H,16,17). The smallest absolute Gasteiger partial charge is 0.303 e. The molecule has 5 heteroatoms. The van der Waals surface area contributed by atoms with Crippen LogP contribution in [-0.2, 0) is 16.0 Å². The van der Waals surface area contributed by atoms with E-state index < -0.39 is 5.97 Å². The number of nitrogens with zero attached hydrogens (tertiary/aromatic N) is 1. The molecule has 0 bridgehead atoms. The molecule has 1 aromatic heterocycles. The first kappa shape index (κ1) is 13.2. The maximum atomic E-state index is 11.5. The average Bonchev–Trinajstić information content (AvgIpc) is 2.29. The van der Waals surface area contributed by atoms with Crippen molar-refractivity contribution in [2.75, 3.05) is 6.54 Å². The van der Waals surface area contributed by atoms with Crippen LogP contribution in [0.1, 0.15) is 24.8 Å². The largest absolute Gasteiger partial charge is 0.481 e. The molecule has 92 valence electrons. The summed E-state index contributed by atoms with van der Waals surface area (Å²) in [5.41, 5.74) is 0.919. The Morgan fingerprint density at radius 3 is 2.59 bits per heavy atom. The molecule has 0 aromatic carbocycles. The van der Waals surface area contributed by atoms with Crippen molar-refractivity contribution in [2.45, 2.75) is 25.7 Å². The summed E-state index contributed by atoms with van der Waals surface area (Å²) in [6, 6.07) is 3.59. The fourth-order valence-electron chi connectivity index (χ4n) is 1.38. The third kappa shape index (κ3) is 6.29. The Hall–Kier alpha value is -1.91. The van der Waals surface area contributed by atoms with Gasteiger partial charge in [0.2, 0.25) is 5.91 Å². The van der Waals surface area contributed by atoms with Gasteiger partial charge in [-0.2, -0.15) is 0 Å². The van der Waals surface area contributed by atoms with Gasteiger partial charge in [0, 0.05) is 25.4 Å². The van der Waals surface area contributed by atoms with E-state index in [-0.39, 0.29) is 12.3 Å². The second kappa shape index (κ2) is 7.38. The molecule has 1 amide bonds. The van der Waals surface area contributed by atoms with Crippen LogP contribution in [0.5, 0.6) is 0 Å². The molecule has 2 N–H and O–H groups in total. The summed E-state index contributed by atoms with van der Waals surface area (Å²) in [5.74, 6) is -0.848. The Kier molecular flexibility index (Phi) is 5.71. The Morgan fingerprint density at radius 1 is 1.24 bits per heavy atom. The van der Waals surface area contributed by atoms with Gasteiger partial charge in [-0.25, -0.2) is 0 Å². The molecule has 0 aliphatic rings. The monoisotopic (exact) mass is 236 g/mol. The minimum absolute atomic E-state index is 0.0495. The minimum Gasteiger partial charge on any atom is -0.481 e. The Labute approximate surface area is 99.9 Å². The SMILES string of the molecule is O=C(O)CCCCNC(=O)Cc1ccncc1. The highest BCUT2D eigenvalue weighted by Crippen LogP contribution is 1.98. The number of amides is 1. The number of carboxylic acid groups (broad SMARTS) is 1. The number of carbonyl (C=O) groups excluding carboxylic acids is 1. The number of nitrogens with one attached hydrogen (secondary N) is 1. The quantitative estimate of drug-likeness (QED) is 0.692. The number of hydrogen-bond acceptors (Lipinski definition) is 3. The third-order valence-corrected chi connectivity index (χ3v) is 2.25. The van der Waals surface area contributed by atoms with Crippen LogP contribution in [0.25, 0.3) is 0 Å². The van der Waals surface area contributed by atoms with Crippen molar-refractivity contribution in [1.29, 1.82) is 0 Å². The van der Waals surface area contributed by atoms with Crippen molar-refractivity contribution in [1.82, 2.24) is 10.3 Å². The molecule has 0 spiro atoms. The molecule has 0 atom stereocenters. The van der Waals surface area contributed by atoms with E-state index in [1.807, 2.05) is 0 Å². The lowest BCUT2D eigenvalue weighted by Gasteiger charge is -2.04. The summed E-state index contributed by atoms with van der Waals surface area (Å²) in [4.78, 5) is 25.6. The number of unbranched alkanes of at least 4 members (excludes halogenated alkanes) is 1. The average molecular weight is 236 g/mol. The Bertz CT molecular complexity index is 365. The second-order valence-corrected chi connectivity index (χ2v) is 3.73. The Balaban J connectivity index is 2.12. The number of rotatable bonds is 7. The van der Waals surface area contributed by atoms with Crippen molar-refractivity contribution >= 4 is 11.9 Å². The first-order valence-corrected chi connectivity index (χ1v) is 5.56. The van der Waals surface area contributed by atoms with Gasteiger partial charge in [-0.3, -0.25) is 14.6 Å². The van der Waals surface area contributed by atoms with E-state index >= 15 is 0 Å². The van der Waals surface area contributed by atoms with Gasteiger partial charge in [0.1, 0.15) is 0 Å². The van der Waals surface area contributed by atoms with Gasteiger partial charge in [-0.05, 0) is 30.5 Å². The van der Waals surface area contributed by atoms with Gasteiger partial charge in [0.15, 0.2) is 0 Å². The van der Waals surface area contributed by atoms with E-state index in [0.717, 1.165) is 5.56 Å². The van der Waals surface area contributed by atoms with Crippen molar-refractivity contribution in [2.24, 2.45) is 0 Å². The zero-order valence-electron chi connectivity index (χ0n) is 9.56. The number of aromatic nitrogens is 1. The van der Waals surface area contributed by atoms with Crippen molar-refractivity contribution in [3.8, 4) is 0 Å². The van der Waals surface area contributed by atoms with Crippen LogP contribution in [0.2, 0.25) is 0 Å². The van der Waals surface area contributed by atoms with Crippen LogP contribution in [0, 0.1) is 0 Å². The highest BCUT2D eigenvalue weighted by molar-refractivity contribution is 5.78. The lowest BCUT2D eigenvalue weighted by atomic mass is 10.2. The molecule has 1 rings (SSSR count). The van der Waals surface area contributed by atoms with Crippen LogP contribution in [0.4, 0.5) is 0 Å². The van der Waals surface area contributed by atoms with Crippen LogP contribution in [0.15, 0.2) is 24.5 Å². The predicted octanol–water partition coefficient (Wildman–Crippen LogP) is 0.995. The molecular weight excluding hydrogens is 220 g/mol. The van der Waals surface area contributed by atoms with E-state index in [1.165, 1.54) is 0 Å². The molecule has 0 saturated carbocycles. The first-order chi connectivity index (χ1) is 8.18. The summed E-state index contributed by atoms with van der Waals surface area (Å²) >= 11 is 0. The highest BCUT2D eigenvalue weighted by Gasteiger charge is 2.02. The number of hydrogen-bond donors (Lipinski definition) is 2. The van der Waals surface area contributed by atoms with Gasteiger partial charge in [0.25, 0.3) is 0 Å². The molecule has 0 fully saturated rings. The van der Waals surface area contributed by atoms with Crippen LogP contribution in [0.3, 0.4) is 0 Å². The van der Waals surface area contributed by atoms with Crippen molar-refractivity contribution in [3.63, 3.8) is 0 Å². The van der Waals surface area contributed by atoms with Gasteiger partial charge in [-0.1, -0.05) is 0 Å². The molecule has 0 radical (unpaired) electrons. The molecular formula is C12H16N2O3. The lowest BCUT2D eigenvalue weighted by molar-refractivity contribution is -0.137. The molecule has 17 heavy (non-hydrogen) atoms. The predicted molar refractivity (Wildman–Crippen MR) is 62.4 cm³/mol. The summed E-state index contributed by atoms with van der Waals surface area (Å²) in [6.07, 6.45) is 5.06. The van der Waals surface area contributed by atoms with Gasteiger partial charge < -0.3 is 10.4 Å². The molecule has 1 aromatic rings. The molecule has 1 heterocycles. The first-order valence-electron chi connectivity index (χ1n) is 5.56. The van der Waals surface area contributed by atoms with Crippen LogP contribution >= 0.6 is 0 Å². The third-order valence-electron chi connectivity index (χ3n) is 2.25. The molecule has 0 aliphatic carbocycles. The highest BCUT2D eigenvalue weighted by atomic mass is 16.4. The van der Waals surface area contributed by atoms with E-state index in [1.54, 1.807) is 24.5 Å². The number of pyridine rings is 1.